The summed E-state index contributed by atoms with van der Waals surface area (Å²) < 4.78 is 11.5. The number of hydrogen-bond acceptors (Lipinski definition) is 6. The molecule has 0 saturated carbocycles. The van der Waals surface area contributed by atoms with E-state index in [2.05, 4.69) is 0 Å². The van der Waals surface area contributed by atoms with Gasteiger partial charge in [0.25, 0.3) is 0 Å². The maximum Gasteiger partial charge on any atom is 0.359 e. The number of esters is 2. The van der Waals surface area contributed by atoms with Crippen LogP contribution in [-0.2, 0) is 16.0 Å². The SMILES string of the molecule is CCOC(=O)c1cn(CCN)c(C(=O)OC(C)(C)C)c1O. The van der Waals surface area contributed by atoms with E-state index in [1.165, 1.54) is 10.8 Å². The first-order valence-electron chi connectivity index (χ1n) is 6.73. The van der Waals surface area contributed by atoms with E-state index >= 15 is 0 Å². The zero-order chi connectivity index (χ0) is 16.2. The Morgan fingerprint density at radius 1 is 1.33 bits per heavy atom. The minimum Gasteiger partial charge on any atom is -0.505 e. The number of nitrogens with two attached hydrogens (primary N) is 1. The van der Waals surface area contributed by atoms with Gasteiger partial charge in [-0.15, -0.1) is 0 Å². The molecule has 1 aromatic rings. The second kappa shape index (κ2) is 6.62. The van der Waals surface area contributed by atoms with E-state index in [4.69, 9.17) is 15.2 Å². The number of aromatic nitrogens is 1. The van der Waals surface area contributed by atoms with Crippen LogP contribution in [0.25, 0.3) is 0 Å². The molecule has 0 unspecified atom stereocenters. The summed E-state index contributed by atoms with van der Waals surface area (Å²) in [5.74, 6) is -1.87. The van der Waals surface area contributed by atoms with Crippen molar-refractivity contribution in [3.63, 3.8) is 0 Å². The summed E-state index contributed by atoms with van der Waals surface area (Å²) in [6, 6.07) is 0. The molecule has 0 aromatic carbocycles. The van der Waals surface area contributed by atoms with Crippen LogP contribution in [-0.4, -0.2) is 40.4 Å². The molecule has 0 spiro atoms. The highest BCUT2D eigenvalue weighted by atomic mass is 16.6. The highest BCUT2D eigenvalue weighted by molar-refractivity contribution is 5.99. The summed E-state index contributed by atoms with van der Waals surface area (Å²) in [5.41, 5.74) is 4.59. The van der Waals surface area contributed by atoms with E-state index in [1.807, 2.05) is 0 Å². The molecule has 0 amide bonds. The zero-order valence-corrected chi connectivity index (χ0v) is 12.8. The Kier molecular flexibility index (Phi) is 5.37. The smallest absolute Gasteiger partial charge is 0.359 e. The average molecular weight is 298 g/mol. The monoisotopic (exact) mass is 298 g/mol. The number of ether oxygens (including phenoxy) is 2. The van der Waals surface area contributed by atoms with Crippen molar-refractivity contribution in [1.29, 1.82) is 0 Å². The fourth-order valence-corrected chi connectivity index (χ4v) is 1.76. The Morgan fingerprint density at radius 3 is 2.43 bits per heavy atom. The third-order valence-corrected chi connectivity index (χ3v) is 2.51. The van der Waals surface area contributed by atoms with Crippen LogP contribution in [0.5, 0.6) is 5.75 Å². The standard InChI is InChI=1S/C14H22N2O5/c1-5-20-12(18)9-8-16(7-6-15)10(11(9)17)13(19)21-14(2,3)4/h8,17H,5-7,15H2,1-4H3. The van der Waals surface area contributed by atoms with Crippen LogP contribution in [0, 0.1) is 0 Å². The highest BCUT2D eigenvalue weighted by Gasteiger charge is 2.29. The molecule has 0 fully saturated rings. The molecule has 0 radical (unpaired) electrons. The number of nitrogens with zero attached hydrogens (tertiary/aromatic N) is 1. The van der Waals surface area contributed by atoms with Gasteiger partial charge in [0.1, 0.15) is 11.2 Å². The first kappa shape index (κ1) is 17.0. The molecule has 0 aliphatic carbocycles. The molecular weight excluding hydrogens is 276 g/mol. The lowest BCUT2D eigenvalue weighted by atomic mass is 10.2. The quantitative estimate of drug-likeness (QED) is 0.794. The molecular formula is C14H22N2O5. The number of carbonyl (C=O) groups excluding carboxylic acids is 2. The maximum absolute atomic E-state index is 12.2. The number of carbonyl (C=O) groups is 2. The average Bonchev–Trinajstić information content (AvgIpc) is 2.65. The molecule has 0 saturated heterocycles. The van der Waals surface area contributed by atoms with Gasteiger partial charge in [0.15, 0.2) is 11.4 Å². The summed E-state index contributed by atoms with van der Waals surface area (Å²) in [4.78, 5) is 23.9. The Balaban J connectivity index is 3.22. The lowest BCUT2D eigenvalue weighted by molar-refractivity contribution is 0.00549. The molecule has 0 atom stereocenters. The molecule has 118 valence electrons. The maximum atomic E-state index is 12.2. The largest absolute Gasteiger partial charge is 0.505 e. The lowest BCUT2D eigenvalue weighted by Gasteiger charge is -2.20. The fraction of sp³-hybridized carbons (Fsp3) is 0.571. The van der Waals surface area contributed by atoms with Crippen LogP contribution >= 0.6 is 0 Å². The third kappa shape index (κ3) is 4.22. The first-order valence-corrected chi connectivity index (χ1v) is 6.73. The molecule has 3 N–H and O–H groups in total. The van der Waals surface area contributed by atoms with E-state index in [0.29, 0.717) is 0 Å². The van der Waals surface area contributed by atoms with E-state index in [0.717, 1.165) is 0 Å². The topological polar surface area (TPSA) is 104 Å². The van der Waals surface area contributed by atoms with Gasteiger partial charge in [-0.2, -0.15) is 0 Å². The van der Waals surface area contributed by atoms with Gasteiger partial charge in [-0.25, -0.2) is 9.59 Å². The van der Waals surface area contributed by atoms with E-state index in [9.17, 15) is 14.7 Å². The van der Waals surface area contributed by atoms with Crippen LogP contribution in [0.15, 0.2) is 6.20 Å². The van der Waals surface area contributed by atoms with Gasteiger partial charge in [-0.1, -0.05) is 0 Å². The van der Waals surface area contributed by atoms with E-state index in [-0.39, 0.29) is 31.0 Å². The van der Waals surface area contributed by atoms with Crippen molar-refractivity contribution < 1.29 is 24.2 Å². The molecule has 21 heavy (non-hydrogen) atoms. The van der Waals surface area contributed by atoms with E-state index < -0.39 is 23.3 Å². The van der Waals surface area contributed by atoms with Crippen molar-refractivity contribution in [2.24, 2.45) is 5.73 Å². The molecule has 0 bridgehead atoms. The van der Waals surface area contributed by atoms with Crippen LogP contribution in [0.4, 0.5) is 0 Å². The van der Waals surface area contributed by atoms with Crippen molar-refractivity contribution in [3.8, 4) is 5.75 Å². The van der Waals surface area contributed by atoms with Crippen LogP contribution in [0.3, 0.4) is 0 Å². The molecule has 0 aliphatic rings. The predicted octanol–water partition coefficient (Wildman–Crippen LogP) is 1.28. The Labute approximate surface area is 123 Å². The molecule has 7 heteroatoms. The van der Waals surface area contributed by atoms with Gasteiger partial charge in [0, 0.05) is 19.3 Å². The second-order valence-corrected chi connectivity index (χ2v) is 5.44. The minimum atomic E-state index is -0.719. The molecule has 7 nitrogen and oxygen atoms in total. The van der Waals surface area contributed by atoms with Crippen molar-refractivity contribution in [1.82, 2.24) is 4.57 Å². The molecule has 1 rings (SSSR count). The van der Waals surface area contributed by atoms with Crippen molar-refractivity contribution in [2.75, 3.05) is 13.2 Å². The molecule has 1 heterocycles. The van der Waals surface area contributed by atoms with Crippen LogP contribution < -0.4 is 5.73 Å². The first-order chi connectivity index (χ1) is 9.71. The van der Waals surface area contributed by atoms with Gasteiger partial charge in [-0.3, -0.25) is 0 Å². The van der Waals surface area contributed by atoms with Crippen LogP contribution in [0.2, 0.25) is 0 Å². The van der Waals surface area contributed by atoms with Gasteiger partial charge in [-0.05, 0) is 27.7 Å². The predicted molar refractivity (Wildman–Crippen MR) is 76.3 cm³/mol. The minimum absolute atomic E-state index is 0.0776. The van der Waals surface area contributed by atoms with Crippen molar-refractivity contribution in [3.05, 3.63) is 17.5 Å². The molecule has 0 aliphatic heterocycles. The number of aromatic hydroxyl groups is 1. The third-order valence-electron chi connectivity index (χ3n) is 2.51. The summed E-state index contributed by atoms with van der Waals surface area (Å²) >= 11 is 0. The lowest BCUT2D eigenvalue weighted by Crippen LogP contribution is -2.26. The summed E-state index contributed by atoms with van der Waals surface area (Å²) in [5, 5.41) is 10.1. The Morgan fingerprint density at radius 2 is 1.95 bits per heavy atom. The normalized spacial score (nSPS) is 11.3. The van der Waals surface area contributed by atoms with Gasteiger partial charge >= 0.3 is 11.9 Å². The molecule has 1 aromatic heterocycles. The van der Waals surface area contributed by atoms with Gasteiger partial charge in [0.05, 0.1) is 6.61 Å². The van der Waals surface area contributed by atoms with Crippen LogP contribution in [0.1, 0.15) is 48.5 Å². The Hall–Kier alpha value is -2.02. The van der Waals surface area contributed by atoms with E-state index in [1.54, 1.807) is 27.7 Å². The van der Waals surface area contributed by atoms with Crippen molar-refractivity contribution >= 4 is 11.9 Å². The summed E-state index contributed by atoms with van der Waals surface area (Å²) in [6.07, 6.45) is 1.35. The van der Waals surface area contributed by atoms with Gasteiger partial charge in [0.2, 0.25) is 0 Å². The number of hydrogen-bond donors (Lipinski definition) is 2. The van der Waals surface area contributed by atoms with Gasteiger partial charge < -0.3 is 24.9 Å². The number of rotatable bonds is 5. The second-order valence-electron chi connectivity index (χ2n) is 5.44. The highest BCUT2D eigenvalue weighted by Crippen LogP contribution is 2.28. The van der Waals surface area contributed by atoms with Crippen molar-refractivity contribution in [2.45, 2.75) is 39.8 Å². The zero-order valence-electron chi connectivity index (χ0n) is 12.8. The fourth-order valence-electron chi connectivity index (χ4n) is 1.76. The summed E-state index contributed by atoms with van der Waals surface area (Å²) in [6.45, 7) is 7.47. The Bertz CT molecular complexity index is 528. The summed E-state index contributed by atoms with van der Waals surface area (Å²) in [7, 11) is 0.